The Labute approximate surface area is 142 Å². The lowest BCUT2D eigenvalue weighted by atomic mass is 10.1. The fraction of sp³-hybridized carbons (Fsp3) is 0.118. The second kappa shape index (κ2) is 7.20. The van der Waals surface area contributed by atoms with Crippen LogP contribution >= 0.6 is 11.3 Å². The Kier molecular flexibility index (Phi) is 4.83. The molecular weight excluding hydrogens is 326 g/mol. The zero-order valence-electron chi connectivity index (χ0n) is 12.6. The van der Waals surface area contributed by atoms with Gasteiger partial charge >= 0.3 is 0 Å². The first kappa shape index (κ1) is 16.1. The minimum absolute atomic E-state index is 0.415. The molecular formula is C17H15N3O3S. The van der Waals surface area contributed by atoms with Crippen LogP contribution in [0.1, 0.15) is 10.4 Å². The zero-order valence-corrected chi connectivity index (χ0v) is 13.4. The fourth-order valence-corrected chi connectivity index (χ4v) is 2.78. The molecule has 0 saturated heterocycles. The number of aliphatic hydroxyl groups excluding tert-OH is 1. The molecule has 2 aromatic carbocycles. The molecule has 0 unspecified atom stereocenters. The molecule has 3 rings (SSSR count). The van der Waals surface area contributed by atoms with E-state index in [2.05, 4.69) is 15.6 Å². The normalized spacial score (nSPS) is 11.9. The van der Waals surface area contributed by atoms with Crippen LogP contribution in [0, 0.1) is 0 Å². The number of rotatable bonds is 5. The molecule has 0 fully saturated rings. The summed E-state index contributed by atoms with van der Waals surface area (Å²) in [6, 6.07) is 11.9. The molecule has 3 N–H and O–H groups in total. The molecule has 0 spiro atoms. The maximum Gasteiger partial charge on any atom is 0.252 e. The maximum absolute atomic E-state index is 12.3. The highest BCUT2D eigenvalue weighted by Gasteiger charge is 2.21. The number of hydrogen-bond donors (Lipinski definition) is 3. The van der Waals surface area contributed by atoms with E-state index >= 15 is 0 Å². The predicted octanol–water partition coefficient (Wildman–Crippen LogP) is 2.03. The van der Waals surface area contributed by atoms with Gasteiger partial charge < -0.3 is 15.7 Å². The molecule has 122 valence electrons. The number of thiazole rings is 1. The molecule has 1 atom stereocenters. The van der Waals surface area contributed by atoms with Gasteiger partial charge in [0.2, 0.25) is 0 Å². The molecule has 3 aromatic rings. The summed E-state index contributed by atoms with van der Waals surface area (Å²) in [5.41, 5.74) is 0.425. The quantitative estimate of drug-likeness (QED) is 0.662. The molecule has 0 saturated carbocycles. The van der Waals surface area contributed by atoms with Crippen LogP contribution < -0.4 is 10.6 Å². The first-order valence-corrected chi connectivity index (χ1v) is 8.16. The number of hydrogen-bond acceptors (Lipinski definition) is 5. The lowest BCUT2D eigenvalue weighted by molar-refractivity contribution is -0.118. The molecule has 6 nitrogen and oxygen atoms in total. The molecule has 0 bridgehead atoms. The summed E-state index contributed by atoms with van der Waals surface area (Å²) in [6.07, 6.45) is 1.56. The third kappa shape index (κ3) is 3.58. The smallest absolute Gasteiger partial charge is 0.252 e. The van der Waals surface area contributed by atoms with Gasteiger partial charge in [-0.05, 0) is 22.9 Å². The molecule has 1 heterocycles. The van der Waals surface area contributed by atoms with E-state index in [1.54, 1.807) is 23.7 Å². The topological polar surface area (TPSA) is 91.3 Å². The average molecular weight is 341 g/mol. The van der Waals surface area contributed by atoms with Crippen molar-refractivity contribution in [3.63, 3.8) is 0 Å². The van der Waals surface area contributed by atoms with E-state index in [1.807, 2.05) is 30.3 Å². The third-order valence-electron chi connectivity index (χ3n) is 3.48. The number of aliphatic hydroxyl groups is 1. The van der Waals surface area contributed by atoms with Gasteiger partial charge in [0.25, 0.3) is 11.8 Å². The number of nitrogens with zero attached hydrogens (tertiary/aromatic N) is 1. The number of aromatic nitrogens is 1. The van der Waals surface area contributed by atoms with E-state index in [0.29, 0.717) is 10.7 Å². The summed E-state index contributed by atoms with van der Waals surface area (Å²) in [4.78, 5) is 28.4. The lowest BCUT2D eigenvalue weighted by Crippen LogP contribution is -2.46. The van der Waals surface area contributed by atoms with Crippen molar-refractivity contribution in [2.24, 2.45) is 0 Å². The first-order valence-electron chi connectivity index (χ1n) is 7.28. The van der Waals surface area contributed by atoms with E-state index in [0.717, 1.165) is 10.8 Å². The van der Waals surface area contributed by atoms with Gasteiger partial charge in [-0.3, -0.25) is 9.59 Å². The van der Waals surface area contributed by atoms with E-state index in [9.17, 15) is 14.7 Å². The summed E-state index contributed by atoms with van der Waals surface area (Å²) in [5.74, 6) is -0.935. The van der Waals surface area contributed by atoms with Crippen molar-refractivity contribution in [1.29, 1.82) is 0 Å². The first-order chi connectivity index (χ1) is 11.7. The number of nitrogens with one attached hydrogen (secondary N) is 2. The van der Waals surface area contributed by atoms with Crippen molar-refractivity contribution in [2.75, 3.05) is 11.9 Å². The maximum atomic E-state index is 12.3. The van der Waals surface area contributed by atoms with Crippen LogP contribution in [-0.4, -0.2) is 34.6 Å². The van der Waals surface area contributed by atoms with Crippen molar-refractivity contribution >= 4 is 39.1 Å². The van der Waals surface area contributed by atoms with E-state index < -0.39 is 24.5 Å². The van der Waals surface area contributed by atoms with Crippen molar-refractivity contribution < 1.29 is 14.7 Å². The van der Waals surface area contributed by atoms with Gasteiger partial charge in [0.15, 0.2) is 5.13 Å². The van der Waals surface area contributed by atoms with Crippen molar-refractivity contribution in [2.45, 2.75) is 6.04 Å². The monoisotopic (exact) mass is 341 g/mol. The van der Waals surface area contributed by atoms with Gasteiger partial charge in [-0.1, -0.05) is 30.3 Å². The highest BCUT2D eigenvalue weighted by Crippen LogP contribution is 2.16. The largest absolute Gasteiger partial charge is 0.394 e. The summed E-state index contributed by atoms with van der Waals surface area (Å²) in [7, 11) is 0. The minimum Gasteiger partial charge on any atom is -0.394 e. The Morgan fingerprint density at radius 1 is 1.17 bits per heavy atom. The number of benzene rings is 2. The van der Waals surface area contributed by atoms with Crippen LogP contribution in [0.15, 0.2) is 54.0 Å². The second-order valence-corrected chi connectivity index (χ2v) is 5.99. The lowest BCUT2D eigenvalue weighted by Gasteiger charge is -2.15. The van der Waals surface area contributed by atoms with E-state index in [-0.39, 0.29) is 0 Å². The number of carbonyl (C=O) groups is 2. The standard InChI is InChI=1S/C17H15N3O3S/c21-10-14(16(23)20-17-18-7-8-24-17)19-15(22)13-6-5-11-3-1-2-4-12(11)9-13/h1-9,14,21H,10H2,(H,19,22)(H,18,20,23)/t14-/m0/s1. The van der Waals surface area contributed by atoms with Gasteiger partial charge in [0, 0.05) is 17.1 Å². The minimum atomic E-state index is -1.05. The number of carbonyl (C=O) groups excluding carboxylic acids is 2. The summed E-state index contributed by atoms with van der Waals surface area (Å²) >= 11 is 1.26. The second-order valence-electron chi connectivity index (χ2n) is 5.10. The molecule has 2 amide bonds. The van der Waals surface area contributed by atoms with Gasteiger partial charge in [0.05, 0.1) is 6.61 Å². The Hall–Kier alpha value is -2.77. The predicted molar refractivity (Wildman–Crippen MR) is 93.0 cm³/mol. The molecule has 7 heteroatoms. The van der Waals surface area contributed by atoms with Gasteiger partial charge in [0.1, 0.15) is 6.04 Å². The number of amides is 2. The molecule has 0 radical (unpaired) electrons. The summed E-state index contributed by atoms with van der Waals surface area (Å²) < 4.78 is 0. The van der Waals surface area contributed by atoms with Crippen molar-refractivity contribution in [1.82, 2.24) is 10.3 Å². The highest BCUT2D eigenvalue weighted by molar-refractivity contribution is 7.13. The molecule has 0 aliphatic rings. The van der Waals surface area contributed by atoms with Gasteiger partial charge in [-0.25, -0.2) is 4.98 Å². The molecule has 1 aromatic heterocycles. The number of anilines is 1. The van der Waals surface area contributed by atoms with Crippen LogP contribution in [-0.2, 0) is 4.79 Å². The van der Waals surface area contributed by atoms with E-state index in [4.69, 9.17) is 0 Å². The molecule has 0 aliphatic carbocycles. The Morgan fingerprint density at radius 2 is 1.96 bits per heavy atom. The van der Waals surface area contributed by atoms with Crippen LogP contribution in [0.3, 0.4) is 0 Å². The van der Waals surface area contributed by atoms with Gasteiger partial charge in [-0.15, -0.1) is 11.3 Å². The van der Waals surface area contributed by atoms with Crippen LogP contribution in [0.2, 0.25) is 0 Å². The summed E-state index contributed by atoms with van der Waals surface area (Å²) in [5, 5.41) is 18.6. The third-order valence-corrected chi connectivity index (χ3v) is 4.17. The highest BCUT2D eigenvalue weighted by atomic mass is 32.1. The molecule has 0 aliphatic heterocycles. The van der Waals surface area contributed by atoms with Crippen LogP contribution in [0.4, 0.5) is 5.13 Å². The van der Waals surface area contributed by atoms with Crippen LogP contribution in [0.25, 0.3) is 10.8 Å². The zero-order chi connectivity index (χ0) is 16.9. The van der Waals surface area contributed by atoms with Crippen molar-refractivity contribution in [3.05, 3.63) is 59.6 Å². The van der Waals surface area contributed by atoms with E-state index in [1.165, 1.54) is 11.3 Å². The fourth-order valence-electron chi connectivity index (χ4n) is 2.24. The van der Waals surface area contributed by atoms with Gasteiger partial charge in [-0.2, -0.15) is 0 Å². The summed E-state index contributed by atoms with van der Waals surface area (Å²) in [6.45, 7) is -0.503. The van der Waals surface area contributed by atoms with Crippen LogP contribution in [0.5, 0.6) is 0 Å². The molecule has 24 heavy (non-hydrogen) atoms. The Balaban J connectivity index is 1.72. The Bertz CT molecular complexity index is 864. The average Bonchev–Trinajstić information content (AvgIpc) is 3.11. The van der Waals surface area contributed by atoms with Crippen molar-refractivity contribution in [3.8, 4) is 0 Å². The number of fused-ring (bicyclic) bond motifs is 1. The Morgan fingerprint density at radius 3 is 2.67 bits per heavy atom. The SMILES string of the molecule is O=C(N[C@@H](CO)C(=O)Nc1nccs1)c1ccc2ccccc2c1.